The minimum atomic E-state index is 0.281. The average molecular weight is 344 g/mol. The summed E-state index contributed by atoms with van der Waals surface area (Å²) in [5.41, 5.74) is 9.93. The van der Waals surface area contributed by atoms with Crippen molar-refractivity contribution in [3.8, 4) is 0 Å². The lowest BCUT2D eigenvalue weighted by molar-refractivity contribution is 0.318. The summed E-state index contributed by atoms with van der Waals surface area (Å²) in [6.45, 7) is 4.11. The highest BCUT2D eigenvalue weighted by Crippen LogP contribution is 2.26. The Labute approximate surface area is 151 Å². The number of fused-ring (bicyclic) bond motifs is 4. The van der Waals surface area contributed by atoms with E-state index in [2.05, 4.69) is 50.5 Å². The molecular formula is C20H20N6. The smallest absolute Gasteiger partial charge is 0.107 e. The number of aliphatic imine (C=N–C) groups is 1. The Bertz CT molecular complexity index is 1100. The van der Waals surface area contributed by atoms with Crippen LogP contribution in [0.15, 0.2) is 59.1 Å². The zero-order valence-corrected chi connectivity index (χ0v) is 14.8. The van der Waals surface area contributed by atoms with Gasteiger partial charge in [-0.25, -0.2) is 10.4 Å². The molecule has 4 heterocycles. The number of aromatic amines is 1. The van der Waals surface area contributed by atoms with Crippen molar-refractivity contribution in [2.75, 3.05) is 0 Å². The monoisotopic (exact) mass is 344 g/mol. The number of hydrogen-bond acceptors (Lipinski definition) is 5. The van der Waals surface area contributed by atoms with E-state index in [1.807, 2.05) is 31.5 Å². The molecule has 2 aliphatic heterocycles. The Balaban J connectivity index is 1.37. The minimum absolute atomic E-state index is 0.281. The maximum Gasteiger partial charge on any atom is 0.107 e. The SMILES string of the molecule is CC1=CN=C(C)C2=CC(CCc3nc4c(ccc5ncccc54)[nH]3)NN12. The van der Waals surface area contributed by atoms with Gasteiger partial charge in [0.1, 0.15) is 5.82 Å². The molecule has 0 saturated carbocycles. The molecule has 2 aliphatic rings. The van der Waals surface area contributed by atoms with Crippen molar-refractivity contribution in [1.29, 1.82) is 0 Å². The molecule has 6 heteroatoms. The van der Waals surface area contributed by atoms with Crippen LogP contribution in [0.3, 0.4) is 0 Å². The largest absolute Gasteiger partial charge is 0.342 e. The van der Waals surface area contributed by atoms with E-state index in [-0.39, 0.29) is 6.04 Å². The molecule has 1 atom stereocenters. The first-order valence-electron chi connectivity index (χ1n) is 8.91. The highest BCUT2D eigenvalue weighted by molar-refractivity contribution is 6.02. The predicted octanol–water partition coefficient (Wildman–Crippen LogP) is 3.45. The lowest BCUT2D eigenvalue weighted by Crippen LogP contribution is -2.38. The van der Waals surface area contributed by atoms with E-state index in [9.17, 15) is 0 Å². The van der Waals surface area contributed by atoms with E-state index in [1.165, 1.54) is 0 Å². The van der Waals surface area contributed by atoms with Gasteiger partial charge >= 0.3 is 0 Å². The molecule has 1 unspecified atom stereocenters. The summed E-state index contributed by atoms with van der Waals surface area (Å²) in [5.74, 6) is 1.01. The van der Waals surface area contributed by atoms with Gasteiger partial charge in [-0.3, -0.25) is 15.0 Å². The van der Waals surface area contributed by atoms with Crippen molar-refractivity contribution in [1.82, 2.24) is 25.4 Å². The first kappa shape index (κ1) is 15.3. The van der Waals surface area contributed by atoms with E-state index in [1.54, 1.807) is 0 Å². The van der Waals surface area contributed by atoms with Gasteiger partial charge in [0.15, 0.2) is 0 Å². The van der Waals surface area contributed by atoms with Crippen LogP contribution in [0.25, 0.3) is 21.9 Å². The fourth-order valence-corrected chi connectivity index (χ4v) is 3.66. The van der Waals surface area contributed by atoms with Gasteiger partial charge in [-0.05, 0) is 50.6 Å². The zero-order valence-electron chi connectivity index (χ0n) is 14.8. The van der Waals surface area contributed by atoms with E-state index in [0.717, 1.165) is 57.7 Å². The molecule has 6 nitrogen and oxygen atoms in total. The van der Waals surface area contributed by atoms with E-state index in [4.69, 9.17) is 4.98 Å². The van der Waals surface area contributed by atoms with Crippen molar-refractivity contribution in [3.63, 3.8) is 0 Å². The summed E-state index contributed by atoms with van der Waals surface area (Å²) in [5, 5.41) is 3.23. The van der Waals surface area contributed by atoms with Gasteiger partial charge in [-0.15, -0.1) is 0 Å². The average Bonchev–Trinajstić information content (AvgIpc) is 3.28. The van der Waals surface area contributed by atoms with E-state index in [0.29, 0.717) is 0 Å². The Hall–Kier alpha value is -2.99. The molecule has 0 saturated heterocycles. The Morgan fingerprint density at radius 1 is 1.19 bits per heavy atom. The van der Waals surface area contributed by atoms with E-state index < -0.39 is 0 Å². The summed E-state index contributed by atoms with van der Waals surface area (Å²) in [7, 11) is 0. The number of pyridine rings is 1. The normalized spacial score (nSPS) is 19.5. The molecular weight excluding hydrogens is 324 g/mol. The highest BCUT2D eigenvalue weighted by Gasteiger charge is 2.27. The van der Waals surface area contributed by atoms with Crippen LogP contribution in [-0.2, 0) is 6.42 Å². The molecule has 0 aliphatic carbocycles. The molecule has 130 valence electrons. The van der Waals surface area contributed by atoms with Crippen molar-refractivity contribution < 1.29 is 0 Å². The summed E-state index contributed by atoms with van der Waals surface area (Å²) in [4.78, 5) is 17.1. The number of hydrogen-bond donors (Lipinski definition) is 2. The van der Waals surface area contributed by atoms with Gasteiger partial charge in [0, 0.05) is 30.2 Å². The third-order valence-corrected chi connectivity index (χ3v) is 5.04. The lowest BCUT2D eigenvalue weighted by Gasteiger charge is -2.26. The first-order valence-corrected chi connectivity index (χ1v) is 8.91. The maximum atomic E-state index is 4.83. The third-order valence-electron chi connectivity index (χ3n) is 5.04. The van der Waals surface area contributed by atoms with Crippen molar-refractivity contribution in [3.05, 3.63) is 60.0 Å². The molecule has 1 aromatic carbocycles. The number of imidazole rings is 1. The summed E-state index contributed by atoms with van der Waals surface area (Å²) >= 11 is 0. The molecule has 5 rings (SSSR count). The van der Waals surface area contributed by atoms with Crippen molar-refractivity contribution in [2.45, 2.75) is 32.7 Å². The van der Waals surface area contributed by atoms with Crippen LogP contribution in [0.1, 0.15) is 26.1 Å². The Morgan fingerprint density at radius 2 is 2.12 bits per heavy atom. The number of aromatic nitrogens is 3. The van der Waals surface area contributed by atoms with Gasteiger partial charge in [-0.2, -0.15) is 0 Å². The van der Waals surface area contributed by atoms with Crippen LogP contribution in [0.4, 0.5) is 0 Å². The first-order chi connectivity index (χ1) is 12.7. The summed E-state index contributed by atoms with van der Waals surface area (Å²) < 4.78 is 0. The Morgan fingerprint density at radius 3 is 3.00 bits per heavy atom. The van der Waals surface area contributed by atoms with Crippen molar-refractivity contribution >= 4 is 27.6 Å². The van der Waals surface area contributed by atoms with Gasteiger partial charge in [0.2, 0.25) is 0 Å². The molecule has 0 bridgehead atoms. The molecule has 0 fully saturated rings. The number of allylic oxidation sites excluding steroid dienone is 2. The van der Waals surface area contributed by atoms with Crippen LogP contribution < -0.4 is 5.43 Å². The number of nitrogens with zero attached hydrogens (tertiary/aromatic N) is 4. The molecule has 2 aromatic heterocycles. The van der Waals surface area contributed by atoms with Crippen LogP contribution in [0.2, 0.25) is 0 Å². The topological polar surface area (TPSA) is 69.2 Å². The quantitative estimate of drug-likeness (QED) is 0.763. The standard InChI is InChI=1S/C20H20N6/c1-12-11-22-13(2)18-10-14(25-26(12)18)5-8-19-23-17-7-6-16-15(20(17)24-19)4-3-9-21-16/h3-4,6-7,9-11,14,25H,5,8H2,1-2H3,(H,23,24). The third kappa shape index (κ3) is 2.42. The molecule has 3 aromatic rings. The number of rotatable bonds is 3. The molecule has 2 N–H and O–H groups in total. The molecule has 0 amide bonds. The Kier molecular flexibility index (Phi) is 3.39. The van der Waals surface area contributed by atoms with Crippen LogP contribution in [0, 0.1) is 0 Å². The summed E-state index contributed by atoms with van der Waals surface area (Å²) in [6, 6.07) is 8.42. The summed E-state index contributed by atoms with van der Waals surface area (Å²) in [6.07, 6.45) is 7.83. The predicted molar refractivity (Wildman–Crippen MR) is 103 cm³/mol. The number of benzene rings is 1. The van der Waals surface area contributed by atoms with Crippen LogP contribution in [-0.4, -0.2) is 31.7 Å². The fraction of sp³-hybridized carbons (Fsp3) is 0.250. The number of aryl methyl sites for hydroxylation is 1. The highest BCUT2D eigenvalue weighted by atomic mass is 15.5. The van der Waals surface area contributed by atoms with Gasteiger partial charge in [0.05, 0.1) is 33.7 Å². The zero-order chi connectivity index (χ0) is 17.7. The fourth-order valence-electron chi connectivity index (χ4n) is 3.66. The maximum absolute atomic E-state index is 4.83. The van der Waals surface area contributed by atoms with E-state index >= 15 is 0 Å². The van der Waals surface area contributed by atoms with Gasteiger partial charge in [0.25, 0.3) is 0 Å². The van der Waals surface area contributed by atoms with Crippen LogP contribution >= 0.6 is 0 Å². The number of hydrazine groups is 1. The second-order valence-corrected chi connectivity index (χ2v) is 6.86. The number of H-pyrrole nitrogens is 1. The van der Waals surface area contributed by atoms with Crippen LogP contribution in [0.5, 0.6) is 0 Å². The molecule has 26 heavy (non-hydrogen) atoms. The van der Waals surface area contributed by atoms with Gasteiger partial charge in [-0.1, -0.05) is 0 Å². The lowest BCUT2D eigenvalue weighted by atomic mass is 10.1. The molecule has 0 radical (unpaired) electrons. The second kappa shape index (κ2) is 5.78. The second-order valence-electron chi connectivity index (χ2n) is 6.86. The minimum Gasteiger partial charge on any atom is -0.342 e. The number of nitrogens with one attached hydrogen (secondary N) is 2. The molecule has 0 spiro atoms. The van der Waals surface area contributed by atoms with Gasteiger partial charge < -0.3 is 4.98 Å². The van der Waals surface area contributed by atoms with Crippen molar-refractivity contribution in [2.24, 2.45) is 4.99 Å².